The molecular formula is C37H46N4O11S. The average Bonchev–Trinajstić information content (AvgIpc) is 3.18. The van der Waals surface area contributed by atoms with E-state index in [1.54, 1.807) is 20.3 Å². The van der Waals surface area contributed by atoms with E-state index >= 15 is 0 Å². The van der Waals surface area contributed by atoms with E-state index in [9.17, 15) is 9.59 Å². The molecule has 0 radical (unpaired) electrons. The van der Waals surface area contributed by atoms with E-state index in [1.165, 1.54) is 59.4 Å². The third-order valence-corrected chi connectivity index (χ3v) is 9.45. The van der Waals surface area contributed by atoms with E-state index in [2.05, 4.69) is 14.8 Å². The zero-order valence-electron chi connectivity index (χ0n) is 31.2. The van der Waals surface area contributed by atoms with Gasteiger partial charge in [0, 0.05) is 39.3 Å². The van der Waals surface area contributed by atoms with Gasteiger partial charge in [-0.25, -0.2) is 4.79 Å². The Morgan fingerprint density at radius 2 is 1.25 bits per heavy atom. The normalized spacial score (nSPS) is 14.0. The van der Waals surface area contributed by atoms with Gasteiger partial charge >= 0.3 is 5.97 Å². The van der Waals surface area contributed by atoms with Gasteiger partial charge < -0.3 is 47.6 Å². The molecule has 0 bridgehead atoms. The lowest BCUT2D eigenvalue weighted by molar-refractivity contribution is 0.00841. The molecule has 1 aliphatic rings. The Balaban J connectivity index is 1.43. The largest absolute Gasteiger partial charge is 0.493 e. The molecule has 0 amide bonds. The zero-order chi connectivity index (χ0) is 38.2. The number of nitrogens with one attached hydrogen (secondary N) is 1. The lowest BCUT2D eigenvalue weighted by atomic mass is 10.1. The van der Waals surface area contributed by atoms with Crippen LogP contribution in [-0.4, -0.2) is 121 Å². The first-order valence-corrected chi connectivity index (χ1v) is 17.2. The second-order valence-electron chi connectivity index (χ2n) is 12.1. The number of piperazine rings is 1. The highest BCUT2D eigenvalue weighted by Gasteiger charge is 2.27. The van der Waals surface area contributed by atoms with Crippen molar-refractivity contribution in [2.75, 3.05) is 89.6 Å². The summed E-state index contributed by atoms with van der Waals surface area (Å²) in [6, 6.07) is 10.5. The third kappa shape index (κ3) is 8.40. The minimum atomic E-state index is -0.800. The van der Waals surface area contributed by atoms with Crippen LogP contribution < -0.4 is 43.5 Å². The van der Waals surface area contributed by atoms with Crippen LogP contribution in [-0.2, 0) is 17.8 Å². The van der Waals surface area contributed by atoms with Gasteiger partial charge in [-0.1, -0.05) is 6.07 Å². The Hall–Kier alpha value is -5.19. The van der Waals surface area contributed by atoms with Crippen LogP contribution in [0.15, 0.2) is 41.2 Å². The van der Waals surface area contributed by atoms with Gasteiger partial charge in [-0.05, 0) is 48.1 Å². The van der Waals surface area contributed by atoms with Gasteiger partial charge in [-0.2, -0.15) is 0 Å². The molecule has 2 heterocycles. The van der Waals surface area contributed by atoms with Crippen LogP contribution in [0.25, 0.3) is 10.9 Å². The Kier molecular flexibility index (Phi) is 12.9. The van der Waals surface area contributed by atoms with Gasteiger partial charge in [0.25, 0.3) is 5.56 Å². The second-order valence-corrected chi connectivity index (χ2v) is 12.5. The zero-order valence-corrected chi connectivity index (χ0v) is 32.0. The standard InChI is InChI=1S/C37H46N4O11S/c1-44-26-10-9-22(15-27(26)45-2)19-39-11-13-40(14-12-39)20-24(52-36(43)23-16-28(46-3)32(49-6)29(17-23)47-4)21-41-35(42)25-18-30(48-5)33(50-7)34(51-8)31(25)38-37(41)53/h9-10,15-18,24H,11-14,19-21H2,1-8H3,(H,38,53). The van der Waals surface area contributed by atoms with Crippen LogP contribution >= 0.6 is 12.2 Å². The summed E-state index contributed by atoms with van der Waals surface area (Å²) < 4.78 is 51.5. The van der Waals surface area contributed by atoms with Crippen molar-refractivity contribution in [2.24, 2.45) is 0 Å². The van der Waals surface area contributed by atoms with E-state index in [0.717, 1.165) is 25.2 Å². The quantitative estimate of drug-likeness (QED) is 0.129. The van der Waals surface area contributed by atoms with Crippen molar-refractivity contribution in [1.82, 2.24) is 19.4 Å². The Bertz CT molecular complexity index is 2020. The SMILES string of the molecule is COc1ccc(CN2CCN(CC(Cn3c(=S)[nH]c4c(OC)c(OC)c(OC)cc4c3=O)OC(=O)c3cc(OC)c(OC)c(OC)c3)CC2)cc1OC. The first-order valence-electron chi connectivity index (χ1n) is 16.8. The highest BCUT2D eigenvalue weighted by Crippen LogP contribution is 2.42. The lowest BCUT2D eigenvalue weighted by Gasteiger charge is -2.36. The van der Waals surface area contributed by atoms with Crippen LogP contribution in [0.5, 0.6) is 46.0 Å². The lowest BCUT2D eigenvalue weighted by Crippen LogP contribution is -2.49. The number of esters is 1. The maximum atomic E-state index is 14.1. The van der Waals surface area contributed by atoms with Crippen molar-refractivity contribution in [3.8, 4) is 46.0 Å². The summed E-state index contributed by atoms with van der Waals surface area (Å²) in [5, 5.41) is 0.256. The van der Waals surface area contributed by atoms with Crippen molar-refractivity contribution in [3.63, 3.8) is 0 Å². The van der Waals surface area contributed by atoms with Crippen molar-refractivity contribution in [2.45, 2.75) is 19.2 Å². The fraction of sp³-hybridized carbons (Fsp3) is 0.432. The van der Waals surface area contributed by atoms with Crippen LogP contribution in [0.2, 0.25) is 0 Å². The van der Waals surface area contributed by atoms with E-state index < -0.39 is 17.6 Å². The van der Waals surface area contributed by atoms with Gasteiger partial charge in [0.05, 0.1) is 74.4 Å². The maximum absolute atomic E-state index is 14.1. The molecule has 286 valence electrons. The molecule has 5 rings (SSSR count). The summed E-state index contributed by atoms with van der Waals surface area (Å²) in [6.45, 7) is 3.93. The molecule has 16 heteroatoms. The van der Waals surface area contributed by atoms with Gasteiger partial charge in [0.2, 0.25) is 11.5 Å². The van der Waals surface area contributed by atoms with Crippen molar-refractivity contribution >= 4 is 29.1 Å². The van der Waals surface area contributed by atoms with E-state index in [4.69, 9.17) is 54.8 Å². The number of fused-ring (bicyclic) bond motifs is 1. The molecule has 1 atom stereocenters. The van der Waals surface area contributed by atoms with Crippen molar-refractivity contribution in [1.29, 1.82) is 0 Å². The summed E-state index contributed by atoms with van der Waals surface area (Å²) in [6.07, 6.45) is -0.800. The number of carbonyl (C=O) groups excluding carboxylic acids is 1. The molecule has 1 aliphatic heterocycles. The number of ether oxygens (including phenoxy) is 9. The number of nitrogens with zero attached hydrogens (tertiary/aromatic N) is 3. The predicted molar refractivity (Wildman–Crippen MR) is 200 cm³/mol. The molecular weight excluding hydrogens is 708 g/mol. The Morgan fingerprint density at radius 3 is 1.81 bits per heavy atom. The number of hydrogen-bond acceptors (Lipinski definition) is 14. The van der Waals surface area contributed by atoms with Crippen LogP contribution in [0.1, 0.15) is 15.9 Å². The Labute approximate surface area is 312 Å². The third-order valence-electron chi connectivity index (χ3n) is 9.12. The summed E-state index contributed by atoms with van der Waals surface area (Å²) in [7, 11) is 12.1. The molecule has 0 spiro atoms. The van der Waals surface area contributed by atoms with Crippen LogP contribution in [0.3, 0.4) is 0 Å². The fourth-order valence-corrected chi connectivity index (χ4v) is 6.70. The highest BCUT2D eigenvalue weighted by molar-refractivity contribution is 7.71. The summed E-state index contributed by atoms with van der Waals surface area (Å²) in [5.41, 5.74) is 1.22. The van der Waals surface area contributed by atoms with Gasteiger partial charge in [0.1, 0.15) is 11.6 Å². The number of benzene rings is 3. The summed E-state index contributed by atoms with van der Waals surface area (Å²) >= 11 is 5.70. The van der Waals surface area contributed by atoms with Crippen molar-refractivity contribution < 1.29 is 47.4 Å². The van der Waals surface area contributed by atoms with Gasteiger partial charge in [-0.15, -0.1) is 0 Å². The number of rotatable bonds is 16. The summed E-state index contributed by atoms with van der Waals surface area (Å²) in [5.74, 6) is 2.54. The number of aromatic nitrogens is 2. The molecule has 0 aliphatic carbocycles. The van der Waals surface area contributed by atoms with Gasteiger partial charge in [0.15, 0.2) is 39.3 Å². The molecule has 1 fully saturated rings. The fourth-order valence-electron chi connectivity index (χ4n) is 6.44. The van der Waals surface area contributed by atoms with E-state index in [1.807, 2.05) is 18.2 Å². The number of hydrogen-bond donors (Lipinski definition) is 1. The smallest absolute Gasteiger partial charge is 0.338 e. The van der Waals surface area contributed by atoms with E-state index in [0.29, 0.717) is 65.4 Å². The molecule has 0 saturated carbocycles. The minimum absolute atomic E-state index is 0.0389. The van der Waals surface area contributed by atoms with Gasteiger partial charge in [-0.3, -0.25) is 19.2 Å². The monoisotopic (exact) mass is 754 g/mol. The molecule has 1 aromatic heterocycles. The summed E-state index contributed by atoms with van der Waals surface area (Å²) in [4.78, 5) is 35.6. The molecule has 1 unspecified atom stereocenters. The number of methoxy groups -OCH3 is 8. The first kappa shape index (κ1) is 39.0. The number of aromatic amines is 1. The first-order chi connectivity index (χ1) is 25.6. The van der Waals surface area contributed by atoms with Crippen LogP contribution in [0.4, 0.5) is 0 Å². The number of H-pyrrole nitrogens is 1. The molecule has 15 nitrogen and oxygen atoms in total. The minimum Gasteiger partial charge on any atom is -0.493 e. The molecule has 4 aromatic rings. The number of carbonyl (C=O) groups is 1. The maximum Gasteiger partial charge on any atom is 0.338 e. The van der Waals surface area contributed by atoms with Crippen molar-refractivity contribution in [3.05, 3.63) is 62.6 Å². The average molecular weight is 755 g/mol. The molecule has 3 aromatic carbocycles. The highest BCUT2D eigenvalue weighted by atomic mass is 32.1. The topological polar surface area (TPSA) is 144 Å². The second kappa shape index (κ2) is 17.6. The van der Waals surface area contributed by atoms with E-state index in [-0.39, 0.29) is 28.0 Å². The molecule has 53 heavy (non-hydrogen) atoms. The Morgan fingerprint density at radius 1 is 0.679 bits per heavy atom. The molecule has 1 N–H and O–H groups in total. The predicted octanol–water partition coefficient (Wildman–Crippen LogP) is 4.17. The molecule has 1 saturated heterocycles. The van der Waals surface area contributed by atoms with Crippen LogP contribution in [0, 0.1) is 4.77 Å².